The fourth-order valence-electron chi connectivity index (χ4n) is 1.68. The number of nitrogens with zero attached hydrogens (tertiary/aromatic N) is 1. The largest absolute Gasteiger partial charge is 0.316 e. The fourth-order valence-corrected chi connectivity index (χ4v) is 4.13. The summed E-state index contributed by atoms with van der Waals surface area (Å²) in [4.78, 5) is 5.92. The van der Waals surface area contributed by atoms with Gasteiger partial charge in [0.2, 0.25) is 0 Å². The summed E-state index contributed by atoms with van der Waals surface area (Å²) in [5.41, 5.74) is 1.12. The van der Waals surface area contributed by atoms with Gasteiger partial charge >= 0.3 is 0 Å². The van der Waals surface area contributed by atoms with Crippen LogP contribution in [0.2, 0.25) is 0 Å². The van der Waals surface area contributed by atoms with E-state index in [2.05, 4.69) is 43.1 Å². The number of hydrogen-bond acceptors (Lipinski definition) is 4. The number of hydrogen-bond donors (Lipinski definition) is 1. The normalized spacial score (nSPS) is 12.9. The lowest BCUT2D eigenvalue weighted by atomic mass is 10.1. The Balaban J connectivity index is 2.00. The molecule has 0 aliphatic heterocycles. The molecular formula is C12H15BrN2S2. The van der Waals surface area contributed by atoms with Crippen molar-refractivity contribution in [2.75, 3.05) is 7.05 Å². The number of aromatic nitrogens is 1. The second-order valence-electron chi connectivity index (χ2n) is 3.97. The van der Waals surface area contributed by atoms with E-state index < -0.39 is 0 Å². The molecule has 0 fully saturated rings. The lowest BCUT2D eigenvalue weighted by molar-refractivity contribution is 0.558. The van der Waals surface area contributed by atoms with Crippen LogP contribution in [0.1, 0.15) is 15.6 Å². The first-order valence-electron chi connectivity index (χ1n) is 5.49. The molecule has 0 radical (unpaired) electrons. The van der Waals surface area contributed by atoms with Gasteiger partial charge < -0.3 is 5.32 Å². The van der Waals surface area contributed by atoms with Crippen LogP contribution in [0.3, 0.4) is 0 Å². The third-order valence-corrected chi connectivity index (χ3v) is 5.56. The molecule has 2 heterocycles. The van der Waals surface area contributed by atoms with Crippen molar-refractivity contribution in [1.82, 2.24) is 10.3 Å². The summed E-state index contributed by atoms with van der Waals surface area (Å²) < 4.78 is 1.22. The van der Waals surface area contributed by atoms with Crippen molar-refractivity contribution in [1.29, 1.82) is 0 Å². The number of likely N-dealkylation sites (N-methyl/N-ethyl adjacent to an activating group) is 1. The lowest BCUT2D eigenvalue weighted by Crippen LogP contribution is -2.29. The molecule has 0 amide bonds. The van der Waals surface area contributed by atoms with E-state index in [0.29, 0.717) is 6.04 Å². The third-order valence-electron chi connectivity index (χ3n) is 2.62. The molecule has 0 spiro atoms. The molecular weight excluding hydrogens is 316 g/mol. The van der Waals surface area contributed by atoms with Gasteiger partial charge in [-0.3, -0.25) is 0 Å². The van der Waals surface area contributed by atoms with Crippen molar-refractivity contribution in [3.05, 3.63) is 36.9 Å². The minimum atomic E-state index is 0.454. The van der Waals surface area contributed by atoms with Crippen molar-refractivity contribution in [3.8, 4) is 0 Å². The maximum absolute atomic E-state index is 4.52. The zero-order valence-corrected chi connectivity index (χ0v) is 13.1. The van der Waals surface area contributed by atoms with Gasteiger partial charge in [0.05, 0.1) is 5.01 Å². The molecule has 0 saturated heterocycles. The van der Waals surface area contributed by atoms with Crippen molar-refractivity contribution in [2.24, 2.45) is 0 Å². The predicted octanol–water partition coefficient (Wildman–Crippen LogP) is 3.65. The van der Waals surface area contributed by atoms with Crippen LogP contribution in [0.25, 0.3) is 0 Å². The molecule has 1 atom stereocenters. The zero-order valence-electron chi connectivity index (χ0n) is 9.87. The molecule has 2 aromatic heterocycles. The van der Waals surface area contributed by atoms with Crippen LogP contribution in [-0.2, 0) is 12.8 Å². The van der Waals surface area contributed by atoms with Gasteiger partial charge in [-0.2, -0.15) is 0 Å². The highest BCUT2D eigenvalue weighted by atomic mass is 79.9. The monoisotopic (exact) mass is 330 g/mol. The predicted molar refractivity (Wildman–Crippen MR) is 79.1 cm³/mol. The van der Waals surface area contributed by atoms with Crippen molar-refractivity contribution >= 4 is 38.6 Å². The topological polar surface area (TPSA) is 24.9 Å². The minimum absolute atomic E-state index is 0.454. The summed E-state index contributed by atoms with van der Waals surface area (Å²) in [6, 6.07) is 2.57. The standard InChI is InChI=1S/C12H15BrN2S2/c1-8-7-17-12(15-8)6-9(14-2)5-11-10(13)3-4-16-11/h3-4,7,9,14H,5-6H2,1-2H3. The highest BCUT2D eigenvalue weighted by Crippen LogP contribution is 2.25. The Kier molecular flexibility index (Phi) is 4.73. The molecule has 2 aromatic rings. The molecule has 0 aromatic carbocycles. The summed E-state index contributed by atoms with van der Waals surface area (Å²) in [7, 11) is 2.02. The van der Waals surface area contributed by atoms with Crippen LogP contribution in [0.5, 0.6) is 0 Å². The molecule has 0 saturated carbocycles. The van der Waals surface area contributed by atoms with E-state index in [0.717, 1.165) is 18.5 Å². The Labute approximate surface area is 118 Å². The van der Waals surface area contributed by atoms with Gasteiger partial charge in [0, 0.05) is 32.9 Å². The molecule has 2 nitrogen and oxygen atoms in total. The van der Waals surface area contributed by atoms with Gasteiger partial charge in [0.1, 0.15) is 0 Å². The number of nitrogens with one attached hydrogen (secondary N) is 1. The Morgan fingerprint density at radius 1 is 1.41 bits per heavy atom. The average molecular weight is 331 g/mol. The molecule has 1 unspecified atom stereocenters. The number of aryl methyl sites for hydroxylation is 1. The van der Waals surface area contributed by atoms with E-state index in [9.17, 15) is 0 Å². The van der Waals surface area contributed by atoms with E-state index in [-0.39, 0.29) is 0 Å². The van der Waals surface area contributed by atoms with Gasteiger partial charge in [0.15, 0.2) is 0 Å². The molecule has 0 bridgehead atoms. The zero-order chi connectivity index (χ0) is 12.3. The number of thiazole rings is 1. The first-order valence-corrected chi connectivity index (χ1v) is 8.04. The van der Waals surface area contributed by atoms with Gasteiger partial charge in [-0.05, 0) is 47.8 Å². The smallest absolute Gasteiger partial charge is 0.0943 e. The quantitative estimate of drug-likeness (QED) is 0.905. The van der Waals surface area contributed by atoms with E-state index >= 15 is 0 Å². The van der Waals surface area contributed by atoms with Gasteiger partial charge in [-0.15, -0.1) is 22.7 Å². The van der Waals surface area contributed by atoms with Gasteiger partial charge in [-0.25, -0.2) is 4.98 Å². The van der Waals surface area contributed by atoms with Crippen LogP contribution in [-0.4, -0.2) is 18.1 Å². The van der Waals surface area contributed by atoms with Crippen LogP contribution < -0.4 is 5.32 Å². The van der Waals surface area contributed by atoms with Gasteiger partial charge in [-0.1, -0.05) is 0 Å². The van der Waals surface area contributed by atoms with Crippen LogP contribution in [0.4, 0.5) is 0 Å². The SMILES string of the molecule is CNC(Cc1nc(C)cs1)Cc1sccc1Br. The van der Waals surface area contributed by atoms with Gasteiger partial charge in [0.25, 0.3) is 0 Å². The molecule has 0 aliphatic rings. The molecule has 92 valence electrons. The van der Waals surface area contributed by atoms with Crippen molar-refractivity contribution in [3.63, 3.8) is 0 Å². The number of halogens is 1. The lowest BCUT2D eigenvalue weighted by Gasteiger charge is -2.13. The first-order chi connectivity index (χ1) is 8.19. The van der Waals surface area contributed by atoms with Crippen molar-refractivity contribution in [2.45, 2.75) is 25.8 Å². The van der Waals surface area contributed by atoms with E-state index in [1.165, 1.54) is 14.4 Å². The average Bonchev–Trinajstić information content (AvgIpc) is 2.88. The maximum atomic E-state index is 4.52. The molecule has 0 aliphatic carbocycles. The van der Waals surface area contributed by atoms with E-state index in [1.54, 1.807) is 22.7 Å². The highest BCUT2D eigenvalue weighted by Gasteiger charge is 2.13. The van der Waals surface area contributed by atoms with Crippen molar-refractivity contribution < 1.29 is 0 Å². The number of thiophene rings is 1. The second kappa shape index (κ2) is 6.09. The van der Waals surface area contributed by atoms with Crippen LogP contribution in [0, 0.1) is 6.92 Å². The molecule has 5 heteroatoms. The summed E-state index contributed by atoms with van der Waals surface area (Å²) in [6.07, 6.45) is 2.05. The van der Waals surface area contributed by atoms with E-state index in [1.807, 2.05) is 14.0 Å². The minimum Gasteiger partial charge on any atom is -0.316 e. The Morgan fingerprint density at radius 3 is 2.76 bits per heavy atom. The highest BCUT2D eigenvalue weighted by molar-refractivity contribution is 9.10. The Morgan fingerprint density at radius 2 is 2.24 bits per heavy atom. The summed E-state index contributed by atoms with van der Waals surface area (Å²) >= 11 is 7.14. The Bertz CT molecular complexity index is 478. The fraction of sp³-hybridized carbons (Fsp3) is 0.417. The number of rotatable bonds is 5. The first kappa shape index (κ1) is 13.2. The summed E-state index contributed by atoms with van der Waals surface area (Å²) in [5, 5.41) is 8.83. The third kappa shape index (κ3) is 3.61. The Hall–Kier alpha value is -0.230. The second-order valence-corrected chi connectivity index (χ2v) is 6.77. The summed E-state index contributed by atoms with van der Waals surface area (Å²) in [5.74, 6) is 0. The van der Waals surface area contributed by atoms with Crippen LogP contribution in [0.15, 0.2) is 21.3 Å². The molecule has 17 heavy (non-hydrogen) atoms. The maximum Gasteiger partial charge on any atom is 0.0943 e. The molecule has 2 rings (SSSR count). The molecule has 1 N–H and O–H groups in total. The summed E-state index contributed by atoms with van der Waals surface area (Å²) in [6.45, 7) is 2.05. The van der Waals surface area contributed by atoms with Crippen LogP contribution >= 0.6 is 38.6 Å². The van der Waals surface area contributed by atoms with E-state index in [4.69, 9.17) is 0 Å².